The Labute approximate surface area is 113 Å². The molecule has 0 radical (unpaired) electrons. The summed E-state index contributed by atoms with van der Waals surface area (Å²) >= 11 is 4.41. The van der Waals surface area contributed by atoms with Crippen molar-refractivity contribution < 1.29 is 13.3 Å². The van der Waals surface area contributed by atoms with Gasteiger partial charge in [0, 0.05) is 19.3 Å². The second-order valence-corrected chi connectivity index (χ2v) is 7.37. The lowest BCUT2D eigenvalue weighted by Crippen LogP contribution is -2.47. The van der Waals surface area contributed by atoms with Crippen LogP contribution < -0.4 is 0 Å². The molecule has 104 valence electrons. The molecule has 0 rings (SSSR count). The van der Waals surface area contributed by atoms with Gasteiger partial charge in [-0.05, 0) is 19.3 Å². The molecule has 5 heteroatoms. The second kappa shape index (κ2) is 10.4. The van der Waals surface area contributed by atoms with E-state index in [9.17, 15) is 0 Å². The summed E-state index contributed by atoms with van der Waals surface area (Å²) < 4.78 is 17.9. The van der Waals surface area contributed by atoms with Crippen LogP contribution in [0.25, 0.3) is 0 Å². The smallest absolute Gasteiger partial charge is 0.373 e. The van der Waals surface area contributed by atoms with Gasteiger partial charge in [0.25, 0.3) is 0 Å². The van der Waals surface area contributed by atoms with E-state index in [1.165, 1.54) is 0 Å². The summed E-state index contributed by atoms with van der Waals surface area (Å²) in [6.07, 6.45) is 3.86. The van der Waals surface area contributed by atoms with Gasteiger partial charge in [0.15, 0.2) is 0 Å². The molecule has 17 heavy (non-hydrogen) atoms. The molecule has 1 atom stereocenters. The Kier molecular flexibility index (Phi) is 10.6. The highest BCUT2D eigenvalue weighted by Gasteiger charge is 2.41. The quantitative estimate of drug-likeness (QED) is 0.354. The van der Waals surface area contributed by atoms with Gasteiger partial charge in [-0.1, -0.05) is 34.1 Å². The van der Waals surface area contributed by atoms with E-state index in [2.05, 4.69) is 40.3 Å². The van der Waals surface area contributed by atoms with Gasteiger partial charge in [-0.25, -0.2) is 0 Å². The van der Waals surface area contributed by atoms with Gasteiger partial charge in [-0.15, -0.1) is 12.6 Å². The number of hydrogen-bond donors (Lipinski definition) is 1. The standard InChI is InChI=1S/C12H28O3SSi/c1-5-9-13-17(11-7-3,14-10-6-2)15-12(16)8-4/h12,16H,5-11H2,1-4H3. The van der Waals surface area contributed by atoms with Crippen LogP contribution in [0.4, 0.5) is 0 Å². The van der Waals surface area contributed by atoms with Crippen LogP contribution in [0.15, 0.2) is 0 Å². The van der Waals surface area contributed by atoms with Crippen molar-refractivity contribution in [2.75, 3.05) is 13.2 Å². The van der Waals surface area contributed by atoms with Crippen LogP contribution >= 0.6 is 12.6 Å². The molecule has 0 aliphatic heterocycles. The molecular formula is C12H28O3SSi. The third-order valence-electron chi connectivity index (χ3n) is 2.27. The number of thiol groups is 1. The molecule has 0 saturated carbocycles. The van der Waals surface area contributed by atoms with Crippen molar-refractivity contribution in [1.29, 1.82) is 0 Å². The molecule has 3 nitrogen and oxygen atoms in total. The molecule has 0 aliphatic rings. The van der Waals surface area contributed by atoms with Crippen molar-refractivity contribution >= 4 is 21.4 Å². The molecule has 0 amide bonds. The highest BCUT2D eigenvalue weighted by atomic mass is 32.1. The van der Waals surface area contributed by atoms with Crippen LogP contribution in [0.2, 0.25) is 6.04 Å². The Hall–Kier alpha value is 0.447. The summed E-state index contributed by atoms with van der Waals surface area (Å²) in [7, 11) is -2.50. The Morgan fingerprint density at radius 2 is 1.47 bits per heavy atom. The van der Waals surface area contributed by atoms with Crippen molar-refractivity contribution in [3.63, 3.8) is 0 Å². The van der Waals surface area contributed by atoms with E-state index in [-0.39, 0.29) is 5.44 Å². The Balaban J connectivity index is 4.54. The highest BCUT2D eigenvalue weighted by molar-refractivity contribution is 7.80. The lowest BCUT2D eigenvalue weighted by atomic mass is 10.5. The molecule has 0 aromatic rings. The molecule has 1 unspecified atom stereocenters. The van der Waals surface area contributed by atoms with Crippen molar-refractivity contribution in [3.8, 4) is 0 Å². The fourth-order valence-corrected chi connectivity index (χ4v) is 4.76. The average molecular weight is 281 g/mol. The van der Waals surface area contributed by atoms with Crippen LogP contribution in [-0.2, 0) is 13.3 Å². The Bertz CT molecular complexity index is 173. The molecule has 0 bridgehead atoms. The van der Waals surface area contributed by atoms with E-state index in [0.29, 0.717) is 13.2 Å². The lowest BCUT2D eigenvalue weighted by Gasteiger charge is -2.31. The first-order valence-corrected chi connectivity index (χ1v) is 9.22. The van der Waals surface area contributed by atoms with Gasteiger partial charge < -0.3 is 13.3 Å². The first-order chi connectivity index (χ1) is 8.14. The Morgan fingerprint density at radius 3 is 1.82 bits per heavy atom. The summed E-state index contributed by atoms with van der Waals surface area (Å²) in [5.41, 5.74) is -0.0815. The summed E-state index contributed by atoms with van der Waals surface area (Å²) in [6.45, 7) is 9.81. The van der Waals surface area contributed by atoms with E-state index in [0.717, 1.165) is 31.7 Å². The third-order valence-corrected chi connectivity index (χ3v) is 5.99. The van der Waals surface area contributed by atoms with Crippen LogP contribution in [0.1, 0.15) is 53.4 Å². The van der Waals surface area contributed by atoms with E-state index in [1.54, 1.807) is 0 Å². The maximum atomic E-state index is 5.99. The van der Waals surface area contributed by atoms with Crippen LogP contribution in [0.3, 0.4) is 0 Å². The third kappa shape index (κ3) is 7.46. The summed E-state index contributed by atoms with van der Waals surface area (Å²) in [5, 5.41) is 0. The topological polar surface area (TPSA) is 27.7 Å². The van der Waals surface area contributed by atoms with Gasteiger partial charge in [0.2, 0.25) is 0 Å². The van der Waals surface area contributed by atoms with Crippen LogP contribution in [-0.4, -0.2) is 27.5 Å². The molecule has 0 heterocycles. The molecule has 0 N–H and O–H groups in total. The predicted molar refractivity (Wildman–Crippen MR) is 77.5 cm³/mol. The Morgan fingerprint density at radius 1 is 0.941 bits per heavy atom. The normalized spacial score (nSPS) is 13.9. The van der Waals surface area contributed by atoms with Gasteiger partial charge in [0.05, 0.1) is 5.44 Å². The monoisotopic (exact) mass is 280 g/mol. The SMILES string of the molecule is CCCO[Si](CCC)(OCCC)OC(S)CC. The maximum absolute atomic E-state index is 5.99. The number of rotatable bonds is 11. The van der Waals surface area contributed by atoms with Crippen molar-refractivity contribution in [2.45, 2.75) is 64.9 Å². The first kappa shape index (κ1) is 17.4. The molecule has 0 saturated heterocycles. The minimum Gasteiger partial charge on any atom is -0.373 e. The molecular weight excluding hydrogens is 252 g/mol. The average Bonchev–Trinajstić information content (AvgIpc) is 2.34. The van der Waals surface area contributed by atoms with Crippen LogP contribution in [0.5, 0.6) is 0 Å². The second-order valence-electron chi connectivity index (χ2n) is 4.11. The van der Waals surface area contributed by atoms with E-state index in [1.807, 2.05) is 0 Å². The zero-order chi connectivity index (χ0) is 13.1. The zero-order valence-electron chi connectivity index (χ0n) is 11.7. The molecule has 0 aromatic heterocycles. The minimum absolute atomic E-state index is 0.0815. The lowest BCUT2D eigenvalue weighted by molar-refractivity contribution is 0.0507. The summed E-state index contributed by atoms with van der Waals surface area (Å²) in [5.74, 6) is 0. The molecule has 0 fully saturated rings. The minimum atomic E-state index is -2.50. The van der Waals surface area contributed by atoms with E-state index >= 15 is 0 Å². The highest BCUT2D eigenvalue weighted by Crippen LogP contribution is 2.22. The van der Waals surface area contributed by atoms with E-state index in [4.69, 9.17) is 13.3 Å². The van der Waals surface area contributed by atoms with Gasteiger partial charge in [-0.2, -0.15) is 0 Å². The van der Waals surface area contributed by atoms with Gasteiger partial charge in [0.1, 0.15) is 0 Å². The van der Waals surface area contributed by atoms with Crippen molar-refractivity contribution in [3.05, 3.63) is 0 Å². The van der Waals surface area contributed by atoms with Gasteiger partial charge >= 0.3 is 8.80 Å². The summed E-state index contributed by atoms with van der Waals surface area (Å²) in [4.78, 5) is 0. The summed E-state index contributed by atoms with van der Waals surface area (Å²) in [6, 6.07) is 0.879. The van der Waals surface area contributed by atoms with Gasteiger partial charge in [-0.3, -0.25) is 0 Å². The molecule has 0 aliphatic carbocycles. The zero-order valence-corrected chi connectivity index (χ0v) is 13.6. The van der Waals surface area contributed by atoms with Crippen LogP contribution in [0, 0.1) is 0 Å². The molecule has 0 spiro atoms. The first-order valence-electron chi connectivity index (χ1n) is 6.77. The largest absolute Gasteiger partial charge is 0.501 e. The fourth-order valence-electron chi connectivity index (χ4n) is 1.42. The number of hydrogen-bond acceptors (Lipinski definition) is 4. The maximum Gasteiger partial charge on any atom is 0.501 e. The van der Waals surface area contributed by atoms with Crippen molar-refractivity contribution in [1.82, 2.24) is 0 Å². The fraction of sp³-hybridized carbons (Fsp3) is 1.00. The van der Waals surface area contributed by atoms with E-state index < -0.39 is 8.80 Å². The molecule has 0 aromatic carbocycles. The predicted octanol–water partition coefficient (Wildman–Crippen LogP) is 3.87. The van der Waals surface area contributed by atoms with Crippen molar-refractivity contribution in [2.24, 2.45) is 0 Å².